The molecule has 0 radical (unpaired) electrons. The van der Waals surface area contributed by atoms with Gasteiger partial charge in [0.25, 0.3) is 5.56 Å². The van der Waals surface area contributed by atoms with E-state index in [0.29, 0.717) is 18.2 Å². The van der Waals surface area contributed by atoms with Crippen molar-refractivity contribution < 1.29 is 4.74 Å². The second-order valence-electron chi connectivity index (χ2n) is 10.2. The number of H-pyrrole nitrogens is 1. The highest BCUT2D eigenvalue weighted by molar-refractivity contribution is 5.83. The van der Waals surface area contributed by atoms with E-state index in [9.17, 15) is 4.79 Å². The van der Waals surface area contributed by atoms with E-state index in [1.807, 2.05) is 10.7 Å². The summed E-state index contributed by atoms with van der Waals surface area (Å²) < 4.78 is 7.74. The van der Waals surface area contributed by atoms with Crippen LogP contribution in [-0.2, 0) is 11.3 Å². The Morgan fingerprint density at radius 3 is 2.91 bits per heavy atom. The van der Waals surface area contributed by atoms with Gasteiger partial charge in [0.2, 0.25) is 0 Å². The second kappa shape index (κ2) is 8.87. The molecule has 3 saturated heterocycles. The van der Waals surface area contributed by atoms with Crippen LogP contribution in [0, 0.1) is 13.8 Å². The predicted molar refractivity (Wildman–Crippen MR) is 129 cm³/mol. The molecule has 2 aromatic heterocycles. The van der Waals surface area contributed by atoms with E-state index in [-0.39, 0.29) is 17.7 Å². The normalized spacial score (nSPS) is 24.6. The van der Waals surface area contributed by atoms with Crippen molar-refractivity contribution in [3.63, 3.8) is 0 Å². The van der Waals surface area contributed by atoms with Gasteiger partial charge in [0.1, 0.15) is 6.04 Å². The molecule has 0 amide bonds. The van der Waals surface area contributed by atoms with Gasteiger partial charge in [-0.05, 0) is 79.8 Å². The second-order valence-corrected chi connectivity index (χ2v) is 10.2. The third-order valence-electron chi connectivity index (χ3n) is 7.82. The third-order valence-corrected chi connectivity index (χ3v) is 7.82. The molecule has 9 heteroatoms. The maximum Gasteiger partial charge on any atom is 0.253 e. The summed E-state index contributed by atoms with van der Waals surface area (Å²) in [7, 11) is 0. The molecule has 3 fully saturated rings. The van der Waals surface area contributed by atoms with E-state index in [0.717, 1.165) is 66.9 Å². The lowest BCUT2D eigenvalue weighted by Crippen LogP contribution is -2.52. The number of aromatic nitrogens is 5. The number of pyridine rings is 1. The van der Waals surface area contributed by atoms with E-state index in [1.54, 1.807) is 0 Å². The van der Waals surface area contributed by atoms with Gasteiger partial charge in [-0.2, -0.15) is 0 Å². The van der Waals surface area contributed by atoms with E-state index >= 15 is 0 Å². The van der Waals surface area contributed by atoms with Crippen LogP contribution in [0.15, 0.2) is 23.0 Å². The fraction of sp³-hybridized carbons (Fsp3) is 0.600. The van der Waals surface area contributed by atoms with Crippen LogP contribution in [0.5, 0.6) is 0 Å². The minimum absolute atomic E-state index is 0.0667. The molecule has 34 heavy (non-hydrogen) atoms. The lowest BCUT2D eigenvalue weighted by molar-refractivity contribution is 0.0728. The number of aromatic amines is 1. The Kier molecular flexibility index (Phi) is 5.71. The summed E-state index contributed by atoms with van der Waals surface area (Å²) in [4.78, 5) is 21.7. The Morgan fingerprint density at radius 1 is 1.15 bits per heavy atom. The third kappa shape index (κ3) is 3.95. The molecule has 0 bridgehead atoms. The van der Waals surface area contributed by atoms with Crippen molar-refractivity contribution in [1.82, 2.24) is 35.0 Å². The van der Waals surface area contributed by atoms with Crippen molar-refractivity contribution in [1.29, 1.82) is 0 Å². The van der Waals surface area contributed by atoms with E-state index < -0.39 is 0 Å². The van der Waals surface area contributed by atoms with Crippen molar-refractivity contribution in [2.45, 2.75) is 64.3 Å². The first-order valence-corrected chi connectivity index (χ1v) is 12.6. The first-order valence-electron chi connectivity index (χ1n) is 12.6. The average Bonchev–Trinajstić information content (AvgIpc) is 3.57. The van der Waals surface area contributed by atoms with Gasteiger partial charge in [0.15, 0.2) is 5.82 Å². The molecule has 0 spiro atoms. The Labute approximate surface area is 199 Å². The molecule has 0 unspecified atom stereocenters. The van der Waals surface area contributed by atoms with Gasteiger partial charge >= 0.3 is 0 Å². The molecule has 3 aliphatic heterocycles. The summed E-state index contributed by atoms with van der Waals surface area (Å²) in [5.74, 6) is 0.733. The van der Waals surface area contributed by atoms with Gasteiger partial charge in [-0.25, -0.2) is 4.68 Å². The molecule has 3 aromatic rings. The zero-order valence-electron chi connectivity index (χ0n) is 20.0. The van der Waals surface area contributed by atoms with Gasteiger partial charge in [-0.3, -0.25) is 14.6 Å². The number of tetrazole rings is 1. The minimum atomic E-state index is -0.298. The lowest BCUT2D eigenvalue weighted by Gasteiger charge is -2.41. The Morgan fingerprint density at radius 2 is 2.06 bits per heavy atom. The van der Waals surface area contributed by atoms with Crippen molar-refractivity contribution >= 4 is 10.9 Å². The number of fused-ring (bicyclic) bond motifs is 2. The molecule has 3 aliphatic rings. The van der Waals surface area contributed by atoms with E-state index in [2.05, 4.69) is 56.3 Å². The maximum absolute atomic E-state index is 13.5. The molecular formula is C25H33N7O2. The summed E-state index contributed by atoms with van der Waals surface area (Å²) >= 11 is 0. The first kappa shape index (κ1) is 21.9. The molecule has 0 aliphatic carbocycles. The van der Waals surface area contributed by atoms with Crippen molar-refractivity contribution in [3.05, 3.63) is 51.1 Å². The van der Waals surface area contributed by atoms with Crippen LogP contribution >= 0.6 is 0 Å². The predicted octanol–water partition coefficient (Wildman–Crippen LogP) is 2.18. The SMILES string of the molecule is Cc1cc(C)c2cc([C@H](c3nnnn3C[C@@H]3CCCO3)N3CCN4CCC[C@H]4C3)c(=O)[nH]c2c1. The standard InChI is InChI=1S/C25H33N7O2/c1-16-11-17(2)20-13-21(25(33)26-22(20)12-16)23(31-9-8-30-7-3-5-18(30)14-31)24-27-28-29-32(24)15-19-6-4-10-34-19/h11-13,18-19,23H,3-10,14-15H2,1-2H3,(H,26,33)/t18-,19-,23+/m0/s1. The Balaban J connectivity index is 1.45. The monoisotopic (exact) mass is 463 g/mol. The average molecular weight is 464 g/mol. The molecule has 0 saturated carbocycles. The van der Waals surface area contributed by atoms with Crippen molar-refractivity contribution in [3.8, 4) is 0 Å². The topological polar surface area (TPSA) is 92.2 Å². The summed E-state index contributed by atoms with van der Waals surface area (Å²) in [6.45, 7) is 9.56. The fourth-order valence-electron chi connectivity index (χ4n) is 6.16. The maximum atomic E-state index is 13.5. The van der Waals surface area contributed by atoms with Gasteiger partial charge in [-0.15, -0.1) is 5.10 Å². The van der Waals surface area contributed by atoms with Crippen LogP contribution < -0.4 is 5.56 Å². The number of hydrogen-bond donors (Lipinski definition) is 1. The molecule has 6 rings (SSSR count). The van der Waals surface area contributed by atoms with Gasteiger partial charge in [0.05, 0.1) is 12.6 Å². The molecule has 1 N–H and O–H groups in total. The smallest absolute Gasteiger partial charge is 0.253 e. The summed E-state index contributed by atoms with van der Waals surface area (Å²) in [5.41, 5.74) is 3.83. The van der Waals surface area contributed by atoms with Crippen LogP contribution in [0.4, 0.5) is 0 Å². The molecule has 9 nitrogen and oxygen atoms in total. The highest BCUT2D eigenvalue weighted by atomic mass is 16.5. The van der Waals surface area contributed by atoms with E-state index in [1.165, 1.54) is 19.4 Å². The van der Waals surface area contributed by atoms with Crippen molar-refractivity contribution in [2.24, 2.45) is 0 Å². The largest absolute Gasteiger partial charge is 0.376 e. The number of piperazine rings is 1. The zero-order valence-corrected chi connectivity index (χ0v) is 20.0. The quantitative estimate of drug-likeness (QED) is 0.620. The Hall–Kier alpha value is -2.62. The number of nitrogens with one attached hydrogen (secondary N) is 1. The minimum Gasteiger partial charge on any atom is -0.376 e. The van der Waals surface area contributed by atoms with Crippen molar-refractivity contribution in [2.75, 3.05) is 32.8 Å². The van der Waals surface area contributed by atoms with Gasteiger partial charge in [0, 0.05) is 48.7 Å². The summed E-state index contributed by atoms with van der Waals surface area (Å²) in [6, 6.07) is 6.51. The highest BCUT2D eigenvalue weighted by Crippen LogP contribution is 2.32. The number of hydrogen-bond acceptors (Lipinski definition) is 7. The number of nitrogens with zero attached hydrogens (tertiary/aromatic N) is 6. The highest BCUT2D eigenvalue weighted by Gasteiger charge is 2.38. The number of benzene rings is 1. The summed E-state index contributed by atoms with van der Waals surface area (Å²) in [6.07, 6.45) is 4.65. The van der Waals surface area contributed by atoms with Crippen LogP contribution in [0.2, 0.25) is 0 Å². The molecule has 1 aromatic carbocycles. The number of rotatable bonds is 5. The Bertz CT molecular complexity index is 1250. The zero-order chi connectivity index (χ0) is 23.2. The van der Waals surface area contributed by atoms with Gasteiger partial charge < -0.3 is 9.72 Å². The fourth-order valence-corrected chi connectivity index (χ4v) is 6.16. The first-order chi connectivity index (χ1) is 16.6. The van der Waals surface area contributed by atoms with Crippen LogP contribution in [0.1, 0.15) is 54.2 Å². The van der Waals surface area contributed by atoms with Gasteiger partial charge in [-0.1, -0.05) is 6.07 Å². The van der Waals surface area contributed by atoms with Crippen LogP contribution in [0.25, 0.3) is 10.9 Å². The molecule has 180 valence electrons. The molecule has 5 heterocycles. The van der Waals surface area contributed by atoms with Crippen LogP contribution in [0.3, 0.4) is 0 Å². The lowest BCUT2D eigenvalue weighted by atomic mass is 9.98. The number of aryl methyl sites for hydroxylation is 2. The number of ether oxygens (including phenoxy) is 1. The molecule has 3 atom stereocenters. The summed E-state index contributed by atoms with van der Waals surface area (Å²) in [5, 5.41) is 13.9. The molecular weight excluding hydrogens is 430 g/mol. The van der Waals surface area contributed by atoms with E-state index in [4.69, 9.17) is 4.74 Å². The van der Waals surface area contributed by atoms with Crippen LogP contribution in [-0.4, -0.2) is 79.9 Å².